The second-order valence-corrected chi connectivity index (χ2v) is 6.89. The van der Waals surface area contributed by atoms with Gasteiger partial charge in [-0.2, -0.15) is 18.3 Å². The zero-order chi connectivity index (χ0) is 19.9. The molecule has 4 nitrogen and oxygen atoms in total. The Labute approximate surface area is 158 Å². The summed E-state index contributed by atoms with van der Waals surface area (Å²) in [6, 6.07) is 9.97. The highest BCUT2D eigenvalue weighted by atomic mass is 19.4. The number of aromatic amines is 1. The summed E-state index contributed by atoms with van der Waals surface area (Å²) in [5, 5.41) is 6.85. The standard InChI is InChI=1S/C20H17F4N3O/c21-16-7-3-5-14-17(16)25-26-18(14)19(28)27-10-8-12(9-11-27)13-4-1-2-6-15(13)20(22,23)24/h1-7,12H,8-11H2,(H,25,26). The summed E-state index contributed by atoms with van der Waals surface area (Å²) in [6.45, 7) is 0.650. The molecule has 4 rings (SSSR count). The normalized spacial score (nSPS) is 15.9. The van der Waals surface area contributed by atoms with E-state index < -0.39 is 17.6 Å². The van der Waals surface area contributed by atoms with Crippen LogP contribution in [-0.2, 0) is 6.18 Å². The monoisotopic (exact) mass is 391 g/mol. The van der Waals surface area contributed by atoms with Crippen LogP contribution in [-0.4, -0.2) is 34.1 Å². The minimum atomic E-state index is -4.40. The molecule has 28 heavy (non-hydrogen) atoms. The lowest BCUT2D eigenvalue weighted by Crippen LogP contribution is -2.38. The summed E-state index contributed by atoms with van der Waals surface area (Å²) in [7, 11) is 0. The minimum Gasteiger partial charge on any atom is -0.337 e. The molecule has 146 valence electrons. The molecule has 1 fully saturated rings. The Morgan fingerprint density at radius 2 is 1.79 bits per heavy atom. The molecule has 2 heterocycles. The van der Waals surface area contributed by atoms with E-state index in [0.717, 1.165) is 6.07 Å². The smallest absolute Gasteiger partial charge is 0.337 e. The molecule has 1 amide bonds. The van der Waals surface area contributed by atoms with Crippen molar-refractivity contribution in [2.45, 2.75) is 24.9 Å². The van der Waals surface area contributed by atoms with Gasteiger partial charge in [-0.05, 0) is 36.5 Å². The number of aromatic nitrogens is 2. The van der Waals surface area contributed by atoms with E-state index in [-0.39, 0.29) is 28.6 Å². The van der Waals surface area contributed by atoms with Crippen LogP contribution in [0, 0.1) is 5.82 Å². The maximum atomic E-state index is 13.8. The van der Waals surface area contributed by atoms with Crippen molar-refractivity contribution in [3.05, 3.63) is 65.1 Å². The SMILES string of the molecule is O=C(c1[nH]nc2c(F)cccc12)N1CCC(c2ccccc2C(F)(F)F)CC1. The molecule has 1 saturated heterocycles. The van der Waals surface area contributed by atoms with Gasteiger partial charge in [-0.25, -0.2) is 4.39 Å². The molecule has 0 aliphatic carbocycles. The third-order valence-corrected chi connectivity index (χ3v) is 5.24. The lowest BCUT2D eigenvalue weighted by Gasteiger charge is -2.33. The number of para-hydroxylation sites is 1. The van der Waals surface area contributed by atoms with Crippen LogP contribution >= 0.6 is 0 Å². The van der Waals surface area contributed by atoms with Crippen molar-refractivity contribution in [2.24, 2.45) is 0 Å². The van der Waals surface area contributed by atoms with Crippen LogP contribution in [0.3, 0.4) is 0 Å². The Morgan fingerprint density at radius 1 is 1.07 bits per heavy atom. The number of benzene rings is 2. The first-order valence-electron chi connectivity index (χ1n) is 8.94. The van der Waals surface area contributed by atoms with Crippen molar-refractivity contribution in [1.29, 1.82) is 0 Å². The topological polar surface area (TPSA) is 49.0 Å². The van der Waals surface area contributed by atoms with Gasteiger partial charge in [-0.15, -0.1) is 0 Å². The fourth-order valence-corrected chi connectivity index (χ4v) is 3.83. The van der Waals surface area contributed by atoms with Gasteiger partial charge in [0.25, 0.3) is 5.91 Å². The average Bonchev–Trinajstić information content (AvgIpc) is 3.12. The van der Waals surface area contributed by atoms with E-state index in [4.69, 9.17) is 0 Å². The molecule has 3 aromatic rings. The van der Waals surface area contributed by atoms with E-state index in [1.165, 1.54) is 24.3 Å². The van der Waals surface area contributed by atoms with Gasteiger partial charge < -0.3 is 4.90 Å². The molecule has 1 aromatic heterocycles. The molecule has 0 atom stereocenters. The van der Waals surface area contributed by atoms with Crippen molar-refractivity contribution in [3.63, 3.8) is 0 Å². The second-order valence-electron chi connectivity index (χ2n) is 6.89. The number of carbonyl (C=O) groups excluding carboxylic acids is 1. The van der Waals surface area contributed by atoms with Crippen LogP contribution in [0.2, 0.25) is 0 Å². The van der Waals surface area contributed by atoms with Crippen LogP contribution < -0.4 is 0 Å². The van der Waals surface area contributed by atoms with Crippen LogP contribution in [0.15, 0.2) is 42.5 Å². The second kappa shape index (κ2) is 6.92. The number of alkyl halides is 3. The Kier molecular flexibility index (Phi) is 4.56. The van der Waals surface area contributed by atoms with Gasteiger partial charge in [0.2, 0.25) is 0 Å². The number of nitrogens with one attached hydrogen (secondary N) is 1. The maximum Gasteiger partial charge on any atom is 0.416 e. The largest absolute Gasteiger partial charge is 0.416 e. The molecule has 8 heteroatoms. The van der Waals surface area contributed by atoms with Crippen molar-refractivity contribution < 1.29 is 22.4 Å². The summed E-state index contributed by atoms with van der Waals surface area (Å²) < 4.78 is 53.6. The fourth-order valence-electron chi connectivity index (χ4n) is 3.83. The number of amides is 1. The number of rotatable bonds is 2. The van der Waals surface area contributed by atoms with Crippen LogP contribution in [0.25, 0.3) is 10.9 Å². The molecule has 0 spiro atoms. The van der Waals surface area contributed by atoms with E-state index in [9.17, 15) is 22.4 Å². The first-order chi connectivity index (χ1) is 13.4. The molecule has 1 aliphatic rings. The van der Waals surface area contributed by atoms with Crippen molar-refractivity contribution >= 4 is 16.8 Å². The van der Waals surface area contributed by atoms with E-state index in [1.54, 1.807) is 17.0 Å². The van der Waals surface area contributed by atoms with Crippen LogP contribution in [0.1, 0.15) is 40.4 Å². The molecule has 0 bridgehead atoms. The number of likely N-dealkylation sites (tertiary alicyclic amines) is 1. The fraction of sp³-hybridized carbons (Fsp3) is 0.300. The molecule has 0 saturated carbocycles. The zero-order valence-electron chi connectivity index (χ0n) is 14.8. The number of carbonyl (C=O) groups is 1. The third-order valence-electron chi connectivity index (χ3n) is 5.24. The zero-order valence-corrected chi connectivity index (χ0v) is 14.8. The van der Waals surface area contributed by atoms with Gasteiger partial charge in [-0.3, -0.25) is 9.89 Å². The summed E-state index contributed by atoms with van der Waals surface area (Å²) in [5.41, 5.74) is -0.0468. The number of fused-ring (bicyclic) bond motifs is 1. The lowest BCUT2D eigenvalue weighted by molar-refractivity contribution is -0.138. The molecule has 1 aliphatic heterocycles. The Hall–Kier alpha value is -2.90. The molecule has 1 N–H and O–H groups in total. The Balaban J connectivity index is 1.52. The van der Waals surface area contributed by atoms with E-state index in [1.807, 2.05) is 0 Å². The van der Waals surface area contributed by atoms with Gasteiger partial charge in [-0.1, -0.05) is 30.3 Å². The highest BCUT2D eigenvalue weighted by Crippen LogP contribution is 2.38. The number of hydrogen-bond donors (Lipinski definition) is 1. The molecule has 2 aromatic carbocycles. The summed E-state index contributed by atoms with van der Waals surface area (Å²) in [4.78, 5) is 14.4. The number of nitrogens with zero attached hydrogens (tertiary/aromatic N) is 2. The summed E-state index contributed by atoms with van der Waals surface area (Å²) in [5.74, 6) is -1.11. The molecular weight excluding hydrogens is 374 g/mol. The quantitative estimate of drug-likeness (QED) is 0.642. The third kappa shape index (κ3) is 3.23. The molecular formula is C20H17F4N3O. The van der Waals surface area contributed by atoms with E-state index >= 15 is 0 Å². The minimum absolute atomic E-state index is 0.0971. The van der Waals surface area contributed by atoms with Crippen molar-refractivity contribution in [3.8, 4) is 0 Å². The molecule has 0 radical (unpaired) electrons. The number of H-pyrrole nitrogens is 1. The van der Waals surface area contributed by atoms with E-state index in [2.05, 4.69) is 10.2 Å². The maximum absolute atomic E-state index is 13.8. The van der Waals surface area contributed by atoms with Gasteiger partial charge >= 0.3 is 6.18 Å². The van der Waals surface area contributed by atoms with Crippen molar-refractivity contribution in [2.75, 3.05) is 13.1 Å². The van der Waals surface area contributed by atoms with Crippen LogP contribution in [0.5, 0.6) is 0 Å². The predicted molar refractivity (Wildman–Crippen MR) is 95.4 cm³/mol. The van der Waals surface area contributed by atoms with Gasteiger partial charge in [0, 0.05) is 18.5 Å². The highest BCUT2D eigenvalue weighted by Gasteiger charge is 2.36. The van der Waals surface area contributed by atoms with Gasteiger partial charge in [0.15, 0.2) is 5.82 Å². The Morgan fingerprint density at radius 3 is 2.50 bits per heavy atom. The predicted octanol–water partition coefficient (Wildman–Crippen LogP) is 4.74. The lowest BCUT2D eigenvalue weighted by atomic mass is 9.86. The first-order valence-corrected chi connectivity index (χ1v) is 8.94. The summed E-state index contributed by atoms with van der Waals surface area (Å²) >= 11 is 0. The van der Waals surface area contributed by atoms with Crippen molar-refractivity contribution in [1.82, 2.24) is 15.1 Å². The van der Waals surface area contributed by atoms with Gasteiger partial charge in [0.1, 0.15) is 11.2 Å². The summed E-state index contributed by atoms with van der Waals surface area (Å²) in [6.07, 6.45) is -3.54. The van der Waals surface area contributed by atoms with E-state index in [0.29, 0.717) is 31.3 Å². The number of halogens is 4. The van der Waals surface area contributed by atoms with Gasteiger partial charge in [0.05, 0.1) is 5.56 Å². The first kappa shape index (κ1) is 18.5. The average molecular weight is 391 g/mol. The number of piperidine rings is 1. The Bertz CT molecular complexity index is 1020. The highest BCUT2D eigenvalue weighted by molar-refractivity contribution is 6.04. The number of hydrogen-bond acceptors (Lipinski definition) is 2. The molecule has 0 unspecified atom stereocenters. The van der Waals surface area contributed by atoms with Crippen LogP contribution in [0.4, 0.5) is 17.6 Å².